The summed E-state index contributed by atoms with van der Waals surface area (Å²) < 4.78 is 0. The number of hydrogen-bond acceptors (Lipinski definition) is 3. The van der Waals surface area contributed by atoms with E-state index in [1.807, 2.05) is 6.07 Å². The molecule has 5 nitrogen and oxygen atoms in total. The molecule has 1 amide bonds. The van der Waals surface area contributed by atoms with E-state index in [1.54, 1.807) is 19.9 Å². The summed E-state index contributed by atoms with van der Waals surface area (Å²) in [5.41, 5.74) is 0.216. The molecule has 0 aliphatic heterocycles. The Morgan fingerprint density at radius 3 is 2.82 bits per heavy atom. The number of nitriles is 1. The quantitative estimate of drug-likeness (QED) is 0.596. The van der Waals surface area contributed by atoms with Crippen molar-refractivity contribution in [1.82, 2.24) is 10.3 Å². The highest BCUT2D eigenvalue weighted by atomic mass is 16.1. The summed E-state index contributed by atoms with van der Waals surface area (Å²) in [6.45, 7) is 3.61. The predicted octanol–water partition coefficient (Wildman–Crippen LogP) is 0.806. The monoisotopic (exact) mass is 231 g/mol. The highest BCUT2D eigenvalue weighted by Crippen LogP contribution is 2.03. The first kappa shape index (κ1) is 12.7. The molecule has 1 aromatic rings. The lowest BCUT2D eigenvalue weighted by Gasteiger charge is -2.06. The van der Waals surface area contributed by atoms with Gasteiger partial charge in [0.05, 0.1) is 0 Å². The average Bonchev–Trinajstić information content (AvgIpc) is 2.24. The van der Waals surface area contributed by atoms with E-state index in [0.29, 0.717) is 5.56 Å². The van der Waals surface area contributed by atoms with Gasteiger partial charge in [-0.2, -0.15) is 5.26 Å². The van der Waals surface area contributed by atoms with Crippen LogP contribution in [0.4, 0.5) is 0 Å². The van der Waals surface area contributed by atoms with Gasteiger partial charge in [-0.1, -0.05) is 0 Å². The number of nitrogens with one attached hydrogen (secondary N) is 2. The molecule has 0 aliphatic carbocycles. The zero-order chi connectivity index (χ0) is 12.8. The van der Waals surface area contributed by atoms with Gasteiger partial charge in [0.25, 0.3) is 5.91 Å². The summed E-state index contributed by atoms with van der Waals surface area (Å²) in [7, 11) is 0. The molecule has 88 valence electrons. The van der Waals surface area contributed by atoms with E-state index < -0.39 is 5.91 Å². The lowest BCUT2D eigenvalue weighted by atomic mass is 10.1. The minimum absolute atomic E-state index is 0.0238. The van der Waals surface area contributed by atoms with Gasteiger partial charge in [-0.3, -0.25) is 9.59 Å². The van der Waals surface area contributed by atoms with E-state index in [0.717, 1.165) is 0 Å². The maximum atomic E-state index is 11.6. The van der Waals surface area contributed by atoms with Gasteiger partial charge < -0.3 is 10.3 Å². The molecule has 5 heteroatoms. The first-order valence-corrected chi connectivity index (χ1v) is 5.14. The second kappa shape index (κ2) is 5.66. The summed E-state index contributed by atoms with van der Waals surface area (Å²) in [6.07, 6.45) is 2.84. The van der Waals surface area contributed by atoms with Crippen LogP contribution in [0.3, 0.4) is 0 Å². The van der Waals surface area contributed by atoms with Crippen molar-refractivity contribution in [3.05, 3.63) is 39.8 Å². The Kier molecular flexibility index (Phi) is 4.23. The molecular weight excluding hydrogens is 218 g/mol. The fourth-order valence-corrected chi connectivity index (χ4v) is 1.21. The molecule has 0 aliphatic rings. The third-order valence-corrected chi connectivity index (χ3v) is 1.89. The Balaban J connectivity index is 2.99. The van der Waals surface area contributed by atoms with Crippen LogP contribution in [0.25, 0.3) is 6.08 Å². The molecule has 2 N–H and O–H groups in total. The number of aromatic amines is 1. The van der Waals surface area contributed by atoms with Crippen molar-refractivity contribution >= 4 is 12.0 Å². The third-order valence-electron chi connectivity index (χ3n) is 1.89. The van der Waals surface area contributed by atoms with E-state index >= 15 is 0 Å². The van der Waals surface area contributed by atoms with Crippen LogP contribution in [0.2, 0.25) is 0 Å². The van der Waals surface area contributed by atoms with Gasteiger partial charge in [0.1, 0.15) is 11.6 Å². The number of carbonyl (C=O) groups excluding carboxylic acids is 1. The van der Waals surface area contributed by atoms with Gasteiger partial charge in [-0.25, -0.2) is 0 Å². The summed E-state index contributed by atoms with van der Waals surface area (Å²) >= 11 is 0. The average molecular weight is 231 g/mol. The lowest BCUT2D eigenvalue weighted by Crippen LogP contribution is -2.30. The number of H-pyrrole nitrogens is 1. The highest BCUT2D eigenvalue weighted by Gasteiger charge is 2.09. The smallest absolute Gasteiger partial charge is 0.262 e. The van der Waals surface area contributed by atoms with Crippen LogP contribution in [0.15, 0.2) is 28.7 Å². The van der Waals surface area contributed by atoms with Gasteiger partial charge in [-0.05, 0) is 31.6 Å². The number of amides is 1. The van der Waals surface area contributed by atoms with Gasteiger partial charge in [-0.15, -0.1) is 0 Å². The maximum absolute atomic E-state index is 11.6. The van der Waals surface area contributed by atoms with Crippen molar-refractivity contribution in [1.29, 1.82) is 5.26 Å². The molecule has 0 spiro atoms. The van der Waals surface area contributed by atoms with Crippen molar-refractivity contribution in [2.75, 3.05) is 0 Å². The maximum Gasteiger partial charge on any atom is 0.262 e. The predicted molar refractivity (Wildman–Crippen MR) is 63.9 cm³/mol. The molecule has 0 bridgehead atoms. The molecule has 1 rings (SSSR count). The SMILES string of the molecule is CC(C)NC(=O)/C(C#N)=C\c1cc[nH]c(=O)c1. The van der Waals surface area contributed by atoms with E-state index in [4.69, 9.17) is 5.26 Å². The van der Waals surface area contributed by atoms with Crippen LogP contribution < -0.4 is 10.9 Å². The number of carbonyl (C=O) groups is 1. The van der Waals surface area contributed by atoms with Crippen LogP contribution in [0.1, 0.15) is 19.4 Å². The Hall–Kier alpha value is -2.35. The first-order chi connectivity index (χ1) is 8.02. The molecule has 0 aromatic carbocycles. The molecule has 0 fully saturated rings. The van der Waals surface area contributed by atoms with E-state index in [1.165, 1.54) is 18.3 Å². The largest absolute Gasteiger partial charge is 0.349 e. The Bertz CT molecular complexity index is 535. The number of aromatic nitrogens is 1. The molecular formula is C12H13N3O2. The summed E-state index contributed by atoms with van der Waals surface area (Å²) in [5.74, 6) is -0.442. The molecule has 0 radical (unpaired) electrons. The molecule has 0 unspecified atom stereocenters. The minimum atomic E-state index is -0.442. The van der Waals surface area contributed by atoms with Crippen molar-refractivity contribution in [2.24, 2.45) is 0 Å². The third kappa shape index (κ3) is 3.95. The van der Waals surface area contributed by atoms with E-state index in [-0.39, 0.29) is 17.2 Å². The second-order valence-electron chi connectivity index (χ2n) is 3.78. The summed E-state index contributed by atoms with van der Waals surface area (Å²) in [6, 6.07) is 4.70. The van der Waals surface area contributed by atoms with E-state index in [9.17, 15) is 9.59 Å². The van der Waals surface area contributed by atoms with Crippen LogP contribution in [-0.2, 0) is 4.79 Å². The fourth-order valence-electron chi connectivity index (χ4n) is 1.21. The second-order valence-corrected chi connectivity index (χ2v) is 3.78. The Morgan fingerprint density at radius 2 is 2.29 bits per heavy atom. The Morgan fingerprint density at radius 1 is 1.59 bits per heavy atom. The van der Waals surface area contributed by atoms with Crippen molar-refractivity contribution in [2.45, 2.75) is 19.9 Å². The van der Waals surface area contributed by atoms with Gasteiger partial charge in [0, 0.05) is 18.3 Å². The number of nitrogens with zero attached hydrogens (tertiary/aromatic N) is 1. The topological polar surface area (TPSA) is 85.8 Å². The minimum Gasteiger partial charge on any atom is -0.349 e. The first-order valence-electron chi connectivity index (χ1n) is 5.14. The summed E-state index contributed by atoms with van der Waals surface area (Å²) in [5, 5.41) is 11.5. The number of pyridine rings is 1. The molecule has 17 heavy (non-hydrogen) atoms. The van der Waals surface area contributed by atoms with E-state index in [2.05, 4.69) is 10.3 Å². The number of rotatable bonds is 3. The Labute approximate surface area is 98.8 Å². The fraction of sp³-hybridized carbons (Fsp3) is 0.250. The summed E-state index contributed by atoms with van der Waals surface area (Å²) in [4.78, 5) is 25.1. The molecule has 0 atom stereocenters. The van der Waals surface area contributed by atoms with Gasteiger partial charge in [0.15, 0.2) is 0 Å². The van der Waals surface area contributed by atoms with Crippen LogP contribution in [-0.4, -0.2) is 16.9 Å². The van der Waals surface area contributed by atoms with Crippen molar-refractivity contribution in [3.63, 3.8) is 0 Å². The highest BCUT2D eigenvalue weighted by molar-refractivity contribution is 6.01. The molecule has 1 heterocycles. The van der Waals surface area contributed by atoms with Crippen LogP contribution in [0.5, 0.6) is 0 Å². The lowest BCUT2D eigenvalue weighted by molar-refractivity contribution is -0.117. The van der Waals surface area contributed by atoms with Gasteiger partial charge in [0.2, 0.25) is 5.56 Å². The standard InChI is InChI=1S/C12H13N3O2/c1-8(2)15-12(17)10(7-13)5-9-3-4-14-11(16)6-9/h3-6,8H,1-2H3,(H,14,16)(H,15,17)/b10-5-. The van der Waals surface area contributed by atoms with Gasteiger partial charge >= 0.3 is 0 Å². The molecule has 0 saturated carbocycles. The number of hydrogen-bond donors (Lipinski definition) is 2. The molecule has 1 aromatic heterocycles. The van der Waals surface area contributed by atoms with Crippen LogP contribution in [0, 0.1) is 11.3 Å². The van der Waals surface area contributed by atoms with Crippen LogP contribution >= 0.6 is 0 Å². The normalized spacial score (nSPS) is 11.1. The van der Waals surface area contributed by atoms with Crippen molar-refractivity contribution in [3.8, 4) is 6.07 Å². The zero-order valence-corrected chi connectivity index (χ0v) is 9.65. The zero-order valence-electron chi connectivity index (χ0n) is 9.65. The van der Waals surface area contributed by atoms with Crippen molar-refractivity contribution < 1.29 is 4.79 Å². The molecule has 0 saturated heterocycles.